The Morgan fingerprint density at radius 1 is 1.70 bits per heavy atom. The summed E-state index contributed by atoms with van der Waals surface area (Å²) in [6.07, 6.45) is 8.84. The molecular weight excluding hydrogens is 121 g/mol. The molecule has 0 unspecified atom stereocenters. The Kier molecular flexibility index (Phi) is 2.87. The quantitative estimate of drug-likeness (QED) is 0.554. The van der Waals surface area contributed by atoms with Crippen molar-refractivity contribution in [3.8, 4) is 0 Å². The Morgan fingerprint density at radius 2 is 2.60 bits per heavy atom. The topological polar surface area (TPSA) is 12.9 Å². The van der Waals surface area contributed by atoms with Crippen LogP contribution in [0.1, 0.15) is 12.4 Å². The molecule has 0 N–H and O–H groups in total. The van der Waals surface area contributed by atoms with Crippen molar-refractivity contribution >= 4 is 6.91 Å². The first-order valence-corrected chi connectivity index (χ1v) is 3.43. The molecule has 0 saturated heterocycles. The molecule has 0 bridgehead atoms. The first kappa shape index (κ1) is 7.20. The Labute approximate surface area is 62.0 Å². The Morgan fingerprint density at radius 3 is 3.20 bits per heavy atom. The van der Waals surface area contributed by atoms with Crippen LogP contribution in [0.3, 0.4) is 0 Å². The van der Waals surface area contributed by atoms with Gasteiger partial charge in [0.2, 0.25) is 0 Å². The van der Waals surface area contributed by atoms with Crippen LogP contribution in [0.25, 0.3) is 0 Å². The van der Waals surface area contributed by atoms with Gasteiger partial charge >= 0.3 is 61.2 Å². The van der Waals surface area contributed by atoms with E-state index >= 15 is 0 Å². The summed E-state index contributed by atoms with van der Waals surface area (Å²) in [5.74, 6) is 1.96. The van der Waals surface area contributed by atoms with Gasteiger partial charge in [-0.1, -0.05) is 0 Å². The number of nitrogens with zero attached hydrogens (tertiary/aromatic N) is 1. The zero-order valence-corrected chi connectivity index (χ0v) is 6.12. The second-order valence-corrected chi connectivity index (χ2v) is 2.13. The van der Waals surface area contributed by atoms with Crippen molar-refractivity contribution in [3.63, 3.8) is 0 Å². The fourth-order valence-corrected chi connectivity index (χ4v) is 0.773. The molecule has 0 aliphatic carbocycles. The van der Waals surface area contributed by atoms with Crippen molar-refractivity contribution in [2.24, 2.45) is 0 Å². The molecule has 0 saturated carbocycles. The van der Waals surface area contributed by atoms with E-state index < -0.39 is 0 Å². The summed E-state index contributed by atoms with van der Waals surface area (Å²) in [4.78, 5) is 4.00. The van der Waals surface area contributed by atoms with Crippen LogP contribution in [0.5, 0.6) is 0 Å². The standard InChI is InChI=1S/C8H10BN/c1-2-3-4-8-7-10-6-5-9-8/h2-3,5-7H,4H2,1H3. The molecule has 0 spiro atoms. The average Bonchev–Trinajstić information content (AvgIpc) is 2.03. The van der Waals surface area contributed by atoms with Gasteiger partial charge < -0.3 is 0 Å². The van der Waals surface area contributed by atoms with Gasteiger partial charge in [0, 0.05) is 0 Å². The van der Waals surface area contributed by atoms with Gasteiger partial charge in [-0.3, -0.25) is 0 Å². The fraction of sp³-hybridized carbons (Fsp3) is 0.250. The summed E-state index contributed by atoms with van der Waals surface area (Å²) >= 11 is 0. The molecule has 0 aromatic carbocycles. The summed E-state index contributed by atoms with van der Waals surface area (Å²) in [7, 11) is 0. The van der Waals surface area contributed by atoms with Crippen LogP contribution < -0.4 is 0 Å². The first-order chi connectivity index (χ1) is 4.93. The van der Waals surface area contributed by atoms with Gasteiger partial charge in [0.15, 0.2) is 0 Å². The van der Waals surface area contributed by atoms with Gasteiger partial charge in [-0.2, -0.15) is 0 Å². The minimum absolute atomic E-state index is 0.990. The van der Waals surface area contributed by atoms with E-state index in [-0.39, 0.29) is 0 Å². The minimum atomic E-state index is 0.990. The van der Waals surface area contributed by atoms with Crippen molar-refractivity contribution in [1.29, 1.82) is 0 Å². The average molecular weight is 131 g/mol. The summed E-state index contributed by atoms with van der Waals surface area (Å²) in [5.41, 5.74) is 1.26. The Hall–Kier alpha value is -0.915. The molecule has 1 aromatic heterocycles. The van der Waals surface area contributed by atoms with Crippen LogP contribution in [-0.4, -0.2) is 11.9 Å². The van der Waals surface area contributed by atoms with Crippen molar-refractivity contribution in [2.45, 2.75) is 13.3 Å². The molecule has 1 heterocycles. The summed E-state index contributed by atoms with van der Waals surface area (Å²) in [6.45, 7) is 4.10. The number of aromatic nitrogens is 1. The van der Waals surface area contributed by atoms with E-state index in [1.54, 1.807) is 6.20 Å². The first-order valence-electron chi connectivity index (χ1n) is 3.43. The predicted octanol–water partition coefficient (Wildman–Crippen LogP) is 1.54. The normalized spacial score (nSPS) is 10.1. The summed E-state index contributed by atoms with van der Waals surface area (Å²) < 4.78 is 0. The van der Waals surface area contributed by atoms with Crippen LogP contribution in [0.4, 0.5) is 0 Å². The molecule has 10 heavy (non-hydrogen) atoms. The monoisotopic (exact) mass is 131 g/mol. The molecule has 1 nitrogen and oxygen atoms in total. The second kappa shape index (κ2) is 3.99. The van der Waals surface area contributed by atoms with Gasteiger partial charge in [-0.15, -0.1) is 0 Å². The van der Waals surface area contributed by atoms with Crippen LogP contribution in [0, 0.1) is 0 Å². The predicted molar refractivity (Wildman–Crippen MR) is 44.1 cm³/mol. The molecule has 0 fully saturated rings. The van der Waals surface area contributed by atoms with Gasteiger partial charge in [0.25, 0.3) is 0 Å². The Balaban J connectivity index is 2.59. The number of hydrogen-bond acceptors (Lipinski definition) is 1. The third kappa shape index (κ3) is 2.13. The molecule has 1 rings (SSSR count). The van der Waals surface area contributed by atoms with Crippen LogP contribution in [0.2, 0.25) is 0 Å². The van der Waals surface area contributed by atoms with Crippen molar-refractivity contribution in [1.82, 2.24) is 4.98 Å². The number of rotatable bonds is 2. The van der Waals surface area contributed by atoms with E-state index in [4.69, 9.17) is 0 Å². The molecule has 0 atom stereocenters. The van der Waals surface area contributed by atoms with Crippen molar-refractivity contribution < 1.29 is 0 Å². The number of hydrogen-bond donors (Lipinski definition) is 0. The molecule has 0 aliphatic rings. The molecule has 0 aliphatic heterocycles. The Bertz CT molecular complexity index is 206. The second-order valence-electron chi connectivity index (χ2n) is 2.13. The zero-order chi connectivity index (χ0) is 7.23. The van der Waals surface area contributed by atoms with E-state index in [0.29, 0.717) is 0 Å². The van der Waals surface area contributed by atoms with Gasteiger partial charge in [0.05, 0.1) is 0 Å². The SMILES string of the molecule is CC=CCc1bccnc1. The van der Waals surface area contributed by atoms with Crippen LogP contribution >= 0.6 is 0 Å². The van der Waals surface area contributed by atoms with Gasteiger partial charge in [-0.25, -0.2) is 0 Å². The molecule has 0 amide bonds. The van der Waals surface area contributed by atoms with Crippen molar-refractivity contribution in [3.05, 3.63) is 36.0 Å². The molecule has 0 radical (unpaired) electrons. The molecule has 2 heteroatoms. The molecule has 50 valence electrons. The molecular formula is C8H10BN. The fourth-order valence-electron chi connectivity index (χ4n) is 0.773. The third-order valence-corrected chi connectivity index (χ3v) is 1.31. The van der Waals surface area contributed by atoms with E-state index in [1.165, 1.54) is 5.46 Å². The van der Waals surface area contributed by atoms with Crippen molar-refractivity contribution in [2.75, 3.05) is 0 Å². The van der Waals surface area contributed by atoms with Gasteiger partial charge in [0.1, 0.15) is 0 Å². The summed E-state index contributed by atoms with van der Waals surface area (Å²) in [6, 6.07) is 0. The summed E-state index contributed by atoms with van der Waals surface area (Å²) in [5, 5.41) is 0. The van der Waals surface area contributed by atoms with Crippen LogP contribution in [0.15, 0.2) is 30.5 Å². The number of allylic oxidation sites excluding steroid dienone is 2. The van der Waals surface area contributed by atoms with Gasteiger partial charge in [-0.05, 0) is 0 Å². The van der Waals surface area contributed by atoms with E-state index in [0.717, 1.165) is 6.42 Å². The zero-order valence-electron chi connectivity index (χ0n) is 6.12. The van der Waals surface area contributed by atoms with E-state index in [9.17, 15) is 0 Å². The third-order valence-electron chi connectivity index (χ3n) is 1.31. The molecule has 1 aromatic rings. The van der Waals surface area contributed by atoms with E-state index in [2.05, 4.69) is 18.0 Å². The maximum absolute atomic E-state index is 4.00. The van der Waals surface area contributed by atoms with E-state index in [1.807, 2.05) is 25.2 Å². The maximum atomic E-state index is 4.00. The van der Waals surface area contributed by atoms with Crippen LogP contribution in [-0.2, 0) is 6.42 Å².